The van der Waals surface area contributed by atoms with Crippen LogP contribution in [0.15, 0.2) is 133 Å². The molecular weight excluding hydrogens is 516 g/mol. The molecule has 0 aromatic heterocycles. The van der Waals surface area contributed by atoms with Gasteiger partial charge >= 0.3 is 0 Å². The van der Waals surface area contributed by atoms with Crippen LogP contribution in [0.1, 0.15) is 61.1 Å². The van der Waals surface area contributed by atoms with Crippen LogP contribution in [0.5, 0.6) is 0 Å². The molecule has 212 valence electrons. The molecule has 0 unspecified atom stereocenters. The van der Waals surface area contributed by atoms with Crippen molar-refractivity contribution >= 4 is 0 Å². The minimum atomic E-state index is 1.07. The van der Waals surface area contributed by atoms with Gasteiger partial charge in [0.2, 0.25) is 0 Å². The summed E-state index contributed by atoms with van der Waals surface area (Å²) in [5.74, 6) is 0. The highest BCUT2D eigenvalue weighted by atomic mass is 14.3. The summed E-state index contributed by atoms with van der Waals surface area (Å²) in [6, 6.07) is 48.5. The van der Waals surface area contributed by atoms with Gasteiger partial charge in [0.1, 0.15) is 0 Å². The van der Waals surface area contributed by atoms with E-state index in [1.807, 2.05) is 27.7 Å². The molecule has 0 fully saturated rings. The predicted octanol–water partition coefficient (Wildman–Crippen LogP) is 11.8. The van der Waals surface area contributed by atoms with Crippen LogP contribution >= 0.6 is 0 Å². The Kier molecular flexibility index (Phi) is 8.38. The molecule has 0 spiro atoms. The Labute approximate surface area is 257 Å². The Morgan fingerprint density at radius 1 is 0.302 bits per heavy atom. The molecule has 0 aliphatic heterocycles. The second kappa shape index (κ2) is 12.7. The lowest BCUT2D eigenvalue weighted by atomic mass is 9.96. The fraction of sp³-hybridized carbons (Fsp3) is 0.163. The third-order valence-corrected chi connectivity index (χ3v) is 8.69. The molecule has 0 saturated carbocycles. The molecule has 0 heteroatoms. The normalized spacial score (nSPS) is 11.9. The molecule has 0 heterocycles. The number of fused-ring (bicyclic) bond motifs is 10. The zero-order valence-corrected chi connectivity index (χ0v) is 25.8. The third-order valence-electron chi connectivity index (χ3n) is 8.69. The van der Waals surface area contributed by atoms with Crippen LogP contribution < -0.4 is 0 Å². The quantitative estimate of drug-likeness (QED) is 0.189. The highest BCUT2D eigenvalue weighted by Gasteiger charge is 2.27. The fourth-order valence-corrected chi connectivity index (χ4v) is 6.79. The summed E-state index contributed by atoms with van der Waals surface area (Å²) in [5, 5.41) is 0. The van der Waals surface area contributed by atoms with Crippen molar-refractivity contribution in [3.8, 4) is 44.5 Å². The molecule has 43 heavy (non-hydrogen) atoms. The highest BCUT2D eigenvalue weighted by molar-refractivity contribution is 5.86. The Morgan fingerprint density at radius 3 is 1.26 bits per heavy atom. The molecule has 0 radical (unpaired) electrons. The fourth-order valence-electron chi connectivity index (χ4n) is 6.79. The zero-order chi connectivity index (χ0) is 29.8. The van der Waals surface area contributed by atoms with E-state index in [4.69, 9.17) is 0 Å². The van der Waals surface area contributed by atoms with Crippen molar-refractivity contribution in [2.24, 2.45) is 0 Å². The Bertz CT molecular complexity index is 1800. The molecule has 0 N–H and O–H groups in total. The van der Waals surface area contributed by atoms with Gasteiger partial charge in [0, 0.05) is 0 Å². The van der Waals surface area contributed by atoms with Crippen molar-refractivity contribution < 1.29 is 0 Å². The molecule has 6 aromatic carbocycles. The lowest BCUT2D eigenvalue weighted by Gasteiger charge is -2.07. The number of rotatable bonds is 1. The van der Waals surface area contributed by atoms with Gasteiger partial charge < -0.3 is 0 Å². The smallest absolute Gasteiger partial charge is 0.00104 e. The van der Waals surface area contributed by atoms with Gasteiger partial charge in [-0.25, -0.2) is 0 Å². The van der Waals surface area contributed by atoms with Gasteiger partial charge in [-0.1, -0.05) is 155 Å². The summed E-state index contributed by atoms with van der Waals surface area (Å²) in [5.41, 5.74) is 20.1. The van der Waals surface area contributed by atoms with Gasteiger partial charge in [-0.05, 0) is 103 Å². The van der Waals surface area contributed by atoms with Gasteiger partial charge in [-0.3, -0.25) is 0 Å². The maximum absolute atomic E-state index is 2.33. The SMILES string of the molecule is CC.CC.c1ccc(-c2ccc3c(c2)-c2ccccc2C3)cc1.c1ccc2c(c1)Cc1c-2ccc2c1Cc1ccccc1-2. The van der Waals surface area contributed by atoms with E-state index in [1.54, 1.807) is 11.1 Å². The van der Waals surface area contributed by atoms with E-state index < -0.39 is 0 Å². The van der Waals surface area contributed by atoms with Crippen molar-refractivity contribution in [2.45, 2.75) is 47.0 Å². The van der Waals surface area contributed by atoms with Crippen LogP contribution in [0.2, 0.25) is 0 Å². The van der Waals surface area contributed by atoms with Crippen LogP contribution in [0.3, 0.4) is 0 Å². The number of hydrogen-bond donors (Lipinski definition) is 0. The van der Waals surface area contributed by atoms with Crippen molar-refractivity contribution in [1.82, 2.24) is 0 Å². The molecule has 0 nitrogen and oxygen atoms in total. The van der Waals surface area contributed by atoms with E-state index in [9.17, 15) is 0 Å². The summed E-state index contributed by atoms with van der Waals surface area (Å²) in [6.45, 7) is 8.00. The molecule has 0 saturated heterocycles. The summed E-state index contributed by atoms with van der Waals surface area (Å²) < 4.78 is 0. The first-order valence-corrected chi connectivity index (χ1v) is 15.9. The van der Waals surface area contributed by atoms with Gasteiger partial charge in [-0.15, -0.1) is 0 Å². The van der Waals surface area contributed by atoms with Crippen molar-refractivity contribution in [3.63, 3.8) is 0 Å². The van der Waals surface area contributed by atoms with Gasteiger partial charge in [0.05, 0.1) is 0 Å². The molecule has 0 bridgehead atoms. The maximum atomic E-state index is 2.33. The molecule has 0 amide bonds. The van der Waals surface area contributed by atoms with Crippen molar-refractivity contribution in [1.29, 1.82) is 0 Å². The van der Waals surface area contributed by atoms with Crippen LogP contribution in [-0.2, 0) is 19.3 Å². The first-order valence-electron chi connectivity index (χ1n) is 15.9. The van der Waals surface area contributed by atoms with E-state index in [0.29, 0.717) is 0 Å². The summed E-state index contributed by atoms with van der Waals surface area (Å²) in [4.78, 5) is 0. The average Bonchev–Trinajstić information content (AvgIpc) is 3.78. The van der Waals surface area contributed by atoms with Crippen molar-refractivity contribution in [3.05, 3.63) is 167 Å². The Balaban J connectivity index is 0.000000138. The summed E-state index contributed by atoms with van der Waals surface area (Å²) in [6.07, 6.45) is 3.27. The van der Waals surface area contributed by atoms with Crippen LogP contribution in [0, 0.1) is 0 Å². The second-order valence-electron chi connectivity index (χ2n) is 10.9. The topological polar surface area (TPSA) is 0 Å². The standard InChI is InChI=1S/C20H14.C19H14.2C2H6/c1-3-7-15-13(5-1)11-19-17(15)9-10-18-16-8-4-2-6-14(16)12-20(18)19;1-2-6-14(7-3-1)15-10-11-17-12-16-8-4-5-9-18(16)19(17)13-15;2*1-2/h1-10H,11-12H2;1-11,13H,12H2;2*1-2H3. The van der Waals surface area contributed by atoms with E-state index in [1.165, 1.54) is 66.8 Å². The summed E-state index contributed by atoms with van der Waals surface area (Å²) >= 11 is 0. The van der Waals surface area contributed by atoms with E-state index in [2.05, 4.69) is 133 Å². The molecule has 3 aliphatic carbocycles. The van der Waals surface area contributed by atoms with E-state index >= 15 is 0 Å². The molecule has 0 atom stereocenters. The van der Waals surface area contributed by atoms with Crippen LogP contribution in [0.25, 0.3) is 44.5 Å². The largest absolute Gasteiger partial charge is 0.0683 e. The molecule has 9 rings (SSSR count). The first-order chi connectivity index (χ1) is 21.3. The number of benzene rings is 6. The average molecular weight is 557 g/mol. The molecule has 6 aromatic rings. The van der Waals surface area contributed by atoms with E-state index in [-0.39, 0.29) is 0 Å². The zero-order valence-electron chi connectivity index (χ0n) is 25.8. The predicted molar refractivity (Wildman–Crippen MR) is 186 cm³/mol. The minimum Gasteiger partial charge on any atom is -0.0683 e. The third kappa shape index (κ3) is 5.23. The lowest BCUT2D eigenvalue weighted by Crippen LogP contribution is -1.90. The Hall–Kier alpha value is -4.68. The van der Waals surface area contributed by atoms with Gasteiger partial charge in [-0.2, -0.15) is 0 Å². The van der Waals surface area contributed by atoms with Gasteiger partial charge in [0.25, 0.3) is 0 Å². The van der Waals surface area contributed by atoms with Crippen LogP contribution in [0.4, 0.5) is 0 Å². The second-order valence-corrected chi connectivity index (χ2v) is 10.9. The minimum absolute atomic E-state index is 1.07. The van der Waals surface area contributed by atoms with E-state index in [0.717, 1.165) is 19.3 Å². The molecule has 3 aliphatic rings. The Morgan fingerprint density at radius 2 is 0.721 bits per heavy atom. The monoisotopic (exact) mass is 556 g/mol. The van der Waals surface area contributed by atoms with Gasteiger partial charge in [0.15, 0.2) is 0 Å². The first kappa shape index (κ1) is 28.4. The van der Waals surface area contributed by atoms with Crippen molar-refractivity contribution in [2.75, 3.05) is 0 Å². The summed E-state index contributed by atoms with van der Waals surface area (Å²) in [7, 11) is 0. The van der Waals surface area contributed by atoms with Crippen LogP contribution in [-0.4, -0.2) is 0 Å². The highest BCUT2D eigenvalue weighted by Crippen LogP contribution is 2.46. The molecular formula is C43H40. The lowest BCUT2D eigenvalue weighted by molar-refractivity contribution is 1.16. The maximum Gasteiger partial charge on any atom is -0.00104 e. The number of hydrogen-bond acceptors (Lipinski definition) is 0.